The van der Waals surface area contributed by atoms with Crippen molar-refractivity contribution >= 4 is 7.32 Å². The Balaban J connectivity index is 3.39. The van der Waals surface area contributed by atoms with Gasteiger partial charge >= 0.3 is 7.32 Å². The summed E-state index contributed by atoms with van der Waals surface area (Å²) in [6.07, 6.45) is 0.852. The molecular weight excluding hydrogens is 199 g/mol. The van der Waals surface area contributed by atoms with Crippen LogP contribution in [0.2, 0.25) is 0 Å². The SMILES string of the molecule is CCCOC(C)COC(C)COB(O)O. The van der Waals surface area contributed by atoms with E-state index in [-0.39, 0.29) is 18.8 Å². The lowest BCUT2D eigenvalue weighted by Crippen LogP contribution is -2.27. The second-order valence-corrected chi connectivity index (χ2v) is 3.48. The molecule has 2 N–H and O–H groups in total. The molecule has 2 atom stereocenters. The van der Waals surface area contributed by atoms with Crippen LogP contribution in [0, 0.1) is 0 Å². The summed E-state index contributed by atoms with van der Waals surface area (Å²) >= 11 is 0. The standard InChI is InChI=1S/C9H21BO5/c1-4-5-13-8(2)6-14-9(3)7-15-10(11)12/h8-9,11-12H,4-7H2,1-3H3. The van der Waals surface area contributed by atoms with Crippen molar-refractivity contribution in [2.24, 2.45) is 0 Å². The highest BCUT2D eigenvalue weighted by molar-refractivity contribution is 6.32. The molecule has 0 amide bonds. The highest BCUT2D eigenvalue weighted by atomic mass is 16.6. The molecule has 0 aromatic rings. The van der Waals surface area contributed by atoms with Gasteiger partial charge in [-0.05, 0) is 20.3 Å². The minimum absolute atomic E-state index is 0.0476. The fourth-order valence-electron chi connectivity index (χ4n) is 0.937. The molecule has 5 nitrogen and oxygen atoms in total. The van der Waals surface area contributed by atoms with E-state index in [1.54, 1.807) is 6.92 Å². The van der Waals surface area contributed by atoms with Crippen molar-refractivity contribution in [3.05, 3.63) is 0 Å². The molecule has 0 aromatic carbocycles. The lowest BCUT2D eigenvalue weighted by molar-refractivity contribution is -0.0463. The molecule has 0 heterocycles. The van der Waals surface area contributed by atoms with Gasteiger partial charge in [0.2, 0.25) is 0 Å². The van der Waals surface area contributed by atoms with E-state index in [1.165, 1.54) is 0 Å². The first-order valence-electron chi connectivity index (χ1n) is 5.27. The van der Waals surface area contributed by atoms with Crippen molar-refractivity contribution in [3.8, 4) is 0 Å². The predicted molar refractivity (Wildman–Crippen MR) is 57.3 cm³/mol. The molecule has 15 heavy (non-hydrogen) atoms. The van der Waals surface area contributed by atoms with E-state index in [0.29, 0.717) is 6.61 Å². The zero-order valence-corrected chi connectivity index (χ0v) is 9.68. The van der Waals surface area contributed by atoms with E-state index >= 15 is 0 Å². The van der Waals surface area contributed by atoms with Gasteiger partial charge in [-0.2, -0.15) is 0 Å². The maximum absolute atomic E-state index is 8.45. The van der Waals surface area contributed by atoms with Crippen LogP contribution in [-0.2, 0) is 14.1 Å². The van der Waals surface area contributed by atoms with Crippen LogP contribution in [0.15, 0.2) is 0 Å². The number of hydrogen-bond donors (Lipinski definition) is 2. The average molecular weight is 220 g/mol. The van der Waals surface area contributed by atoms with Crippen LogP contribution in [0.25, 0.3) is 0 Å². The van der Waals surface area contributed by atoms with Gasteiger partial charge in [0.05, 0.1) is 25.4 Å². The molecule has 0 rings (SSSR count). The summed E-state index contributed by atoms with van der Waals surface area (Å²) < 4.78 is 15.3. The smallest absolute Gasteiger partial charge is 0.402 e. The summed E-state index contributed by atoms with van der Waals surface area (Å²) in [5.74, 6) is 0. The Kier molecular flexibility index (Phi) is 9.04. The fourth-order valence-corrected chi connectivity index (χ4v) is 0.937. The minimum Gasteiger partial charge on any atom is -0.402 e. The van der Waals surface area contributed by atoms with Crippen LogP contribution in [0.1, 0.15) is 27.2 Å². The number of rotatable bonds is 9. The molecule has 0 radical (unpaired) electrons. The van der Waals surface area contributed by atoms with Crippen molar-refractivity contribution in [2.75, 3.05) is 19.8 Å². The van der Waals surface area contributed by atoms with Gasteiger partial charge in [-0.1, -0.05) is 6.92 Å². The molecule has 0 aromatic heterocycles. The van der Waals surface area contributed by atoms with Gasteiger partial charge in [0.1, 0.15) is 0 Å². The normalized spacial score (nSPS) is 15.0. The molecule has 0 saturated heterocycles. The summed E-state index contributed by atoms with van der Waals surface area (Å²) in [6.45, 7) is 7.14. The van der Waals surface area contributed by atoms with Crippen molar-refractivity contribution in [2.45, 2.75) is 39.4 Å². The Morgan fingerprint density at radius 3 is 2.20 bits per heavy atom. The Morgan fingerprint density at radius 1 is 1.07 bits per heavy atom. The van der Waals surface area contributed by atoms with Gasteiger partial charge in [0.25, 0.3) is 0 Å². The number of hydrogen-bond acceptors (Lipinski definition) is 5. The topological polar surface area (TPSA) is 68.2 Å². The highest BCUT2D eigenvalue weighted by Gasteiger charge is 2.12. The third kappa shape index (κ3) is 10.2. The first-order valence-corrected chi connectivity index (χ1v) is 5.27. The molecule has 6 heteroatoms. The van der Waals surface area contributed by atoms with Crippen LogP contribution in [0.4, 0.5) is 0 Å². The van der Waals surface area contributed by atoms with E-state index < -0.39 is 7.32 Å². The Hall–Kier alpha value is -0.135. The molecule has 0 saturated carbocycles. The minimum atomic E-state index is -1.73. The van der Waals surface area contributed by atoms with Gasteiger partial charge in [-0.25, -0.2) is 0 Å². The van der Waals surface area contributed by atoms with Crippen LogP contribution >= 0.6 is 0 Å². The Labute approximate surface area is 91.5 Å². The number of ether oxygens (including phenoxy) is 2. The monoisotopic (exact) mass is 220 g/mol. The summed E-state index contributed by atoms with van der Waals surface area (Å²) in [6, 6.07) is 0. The van der Waals surface area contributed by atoms with Crippen molar-refractivity contribution in [1.82, 2.24) is 0 Å². The third-order valence-electron chi connectivity index (χ3n) is 1.70. The summed E-state index contributed by atoms with van der Waals surface area (Å²) in [4.78, 5) is 0. The van der Waals surface area contributed by atoms with Crippen LogP contribution < -0.4 is 0 Å². The predicted octanol–water partition coefficient (Wildman–Crippen LogP) is 0.193. The van der Waals surface area contributed by atoms with Crippen molar-refractivity contribution < 1.29 is 24.2 Å². The first kappa shape index (κ1) is 14.9. The van der Waals surface area contributed by atoms with E-state index in [4.69, 9.17) is 19.5 Å². The maximum Gasteiger partial charge on any atom is 0.633 e. The third-order valence-corrected chi connectivity index (χ3v) is 1.70. The molecule has 0 aliphatic rings. The lowest BCUT2D eigenvalue weighted by atomic mass is 10.2. The van der Waals surface area contributed by atoms with E-state index in [2.05, 4.69) is 4.65 Å². The summed E-state index contributed by atoms with van der Waals surface area (Å²) in [7, 11) is -1.73. The highest BCUT2D eigenvalue weighted by Crippen LogP contribution is 1.98. The largest absolute Gasteiger partial charge is 0.633 e. The average Bonchev–Trinajstić information content (AvgIpc) is 2.20. The van der Waals surface area contributed by atoms with E-state index in [1.807, 2.05) is 13.8 Å². The van der Waals surface area contributed by atoms with Crippen LogP contribution in [0.3, 0.4) is 0 Å². The van der Waals surface area contributed by atoms with Gasteiger partial charge in [-0.15, -0.1) is 0 Å². The van der Waals surface area contributed by atoms with E-state index in [9.17, 15) is 0 Å². The molecule has 0 bridgehead atoms. The Bertz CT molecular complexity index is 144. The molecule has 2 unspecified atom stereocenters. The van der Waals surface area contributed by atoms with Crippen molar-refractivity contribution in [1.29, 1.82) is 0 Å². The Morgan fingerprint density at radius 2 is 1.67 bits per heavy atom. The fraction of sp³-hybridized carbons (Fsp3) is 1.00. The van der Waals surface area contributed by atoms with Crippen LogP contribution in [0.5, 0.6) is 0 Å². The second kappa shape index (κ2) is 9.12. The zero-order valence-electron chi connectivity index (χ0n) is 9.68. The second-order valence-electron chi connectivity index (χ2n) is 3.48. The van der Waals surface area contributed by atoms with Gasteiger partial charge in [0.15, 0.2) is 0 Å². The molecule has 0 aliphatic carbocycles. The van der Waals surface area contributed by atoms with Gasteiger partial charge < -0.3 is 24.2 Å². The molecule has 90 valence electrons. The van der Waals surface area contributed by atoms with E-state index in [0.717, 1.165) is 13.0 Å². The molecule has 0 fully saturated rings. The summed E-state index contributed by atoms with van der Waals surface area (Å²) in [5.41, 5.74) is 0. The summed E-state index contributed by atoms with van der Waals surface area (Å²) in [5, 5.41) is 16.9. The van der Waals surface area contributed by atoms with Crippen LogP contribution in [-0.4, -0.2) is 49.4 Å². The molecule has 0 aliphatic heterocycles. The van der Waals surface area contributed by atoms with Gasteiger partial charge in [0, 0.05) is 6.61 Å². The van der Waals surface area contributed by atoms with Gasteiger partial charge in [-0.3, -0.25) is 0 Å². The molecule has 0 spiro atoms. The lowest BCUT2D eigenvalue weighted by Gasteiger charge is -2.17. The first-order chi connectivity index (χ1) is 7.06. The molecular formula is C9H21BO5. The maximum atomic E-state index is 8.45. The quantitative estimate of drug-likeness (QED) is 0.543. The zero-order chi connectivity index (χ0) is 11.7. The van der Waals surface area contributed by atoms with Crippen molar-refractivity contribution in [3.63, 3.8) is 0 Å².